The molecule has 0 spiro atoms. The van der Waals surface area contributed by atoms with E-state index in [1.807, 2.05) is 0 Å². The summed E-state index contributed by atoms with van der Waals surface area (Å²) in [5, 5.41) is 0. The van der Waals surface area contributed by atoms with Crippen molar-refractivity contribution in [2.75, 3.05) is 13.2 Å². The van der Waals surface area contributed by atoms with Crippen LogP contribution < -0.4 is 0 Å². The van der Waals surface area contributed by atoms with Gasteiger partial charge < -0.3 is 14.2 Å². The van der Waals surface area contributed by atoms with Crippen molar-refractivity contribution >= 4 is 17.9 Å². The molecular weight excluding hydrogens is 697 g/mol. The molecule has 0 aromatic heterocycles. The van der Waals surface area contributed by atoms with Crippen LogP contribution in [0.5, 0.6) is 0 Å². The van der Waals surface area contributed by atoms with Crippen LogP contribution in [-0.4, -0.2) is 37.2 Å². The first-order chi connectivity index (χ1) is 27.4. The fourth-order valence-corrected chi connectivity index (χ4v) is 7.48. The Morgan fingerprint density at radius 3 is 0.929 bits per heavy atom. The quantitative estimate of drug-likeness (QED) is 0.0347. The molecular formula is C50H96O6. The van der Waals surface area contributed by atoms with E-state index in [-0.39, 0.29) is 31.1 Å². The van der Waals surface area contributed by atoms with Crippen molar-refractivity contribution in [2.45, 2.75) is 284 Å². The molecule has 0 bridgehead atoms. The summed E-state index contributed by atoms with van der Waals surface area (Å²) in [6, 6.07) is 0. The van der Waals surface area contributed by atoms with Crippen molar-refractivity contribution in [3.63, 3.8) is 0 Å². The van der Waals surface area contributed by atoms with Crippen molar-refractivity contribution in [1.29, 1.82) is 0 Å². The van der Waals surface area contributed by atoms with Gasteiger partial charge >= 0.3 is 17.9 Å². The van der Waals surface area contributed by atoms with E-state index in [9.17, 15) is 14.4 Å². The summed E-state index contributed by atoms with van der Waals surface area (Å²) in [5.74, 6) is -0.00104. The standard InChI is InChI=1S/C50H96O6/c1-5-8-10-12-14-16-18-19-20-21-23-25-31-35-39-43-50(53)56-47(44-54-48(51)41-37-33-29-24-22-17-15-13-11-9-6-2)45-55-49(52)42-38-34-30-27-26-28-32-36-40-46(4)7-3/h46-47H,5-45H2,1-4H3/t46?,47-/m1/s1. The highest BCUT2D eigenvalue weighted by molar-refractivity contribution is 5.71. The Balaban J connectivity index is 4.32. The Morgan fingerprint density at radius 2 is 0.625 bits per heavy atom. The Labute approximate surface area is 348 Å². The van der Waals surface area contributed by atoms with Crippen molar-refractivity contribution in [3.05, 3.63) is 0 Å². The number of hydrogen-bond acceptors (Lipinski definition) is 6. The smallest absolute Gasteiger partial charge is 0.306 e. The molecule has 0 aromatic rings. The van der Waals surface area contributed by atoms with Gasteiger partial charge in [-0.2, -0.15) is 0 Å². The molecule has 0 aliphatic rings. The lowest BCUT2D eigenvalue weighted by atomic mass is 9.99. The highest BCUT2D eigenvalue weighted by atomic mass is 16.6. The largest absolute Gasteiger partial charge is 0.462 e. The van der Waals surface area contributed by atoms with E-state index in [0.717, 1.165) is 63.7 Å². The van der Waals surface area contributed by atoms with Crippen LogP contribution in [0.4, 0.5) is 0 Å². The van der Waals surface area contributed by atoms with E-state index in [2.05, 4.69) is 27.7 Å². The van der Waals surface area contributed by atoms with Gasteiger partial charge in [-0.1, -0.05) is 240 Å². The first-order valence-electron chi connectivity index (χ1n) is 24.9. The van der Waals surface area contributed by atoms with Gasteiger partial charge in [-0.25, -0.2) is 0 Å². The van der Waals surface area contributed by atoms with Gasteiger partial charge in [0.1, 0.15) is 13.2 Å². The summed E-state index contributed by atoms with van der Waals surface area (Å²) in [4.78, 5) is 37.8. The predicted octanol–water partition coefficient (Wildman–Crippen LogP) is 15.9. The second kappa shape index (κ2) is 44.5. The Morgan fingerprint density at radius 1 is 0.357 bits per heavy atom. The number of esters is 3. The Hall–Kier alpha value is -1.59. The van der Waals surface area contributed by atoms with Crippen molar-refractivity contribution < 1.29 is 28.6 Å². The maximum Gasteiger partial charge on any atom is 0.306 e. The molecule has 0 heterocycles. The van der Waals surface area contributed by atoms with Gasteiger partial charge in [0, 0.05) is 19.3 Å². The second-order valence-electron chi connectivity index (χ2n) is 17.3. The summed E-state index contributed by atoms with van der Waals surface area (Å²) < 4.78 is 16.8. The molecule has 6 nitrogen and oxygen atoms in total. The number of ether oxygens (including phenoxy) is 3. The second-order valence-corrected chi connectivity index (χ2v) is 17.3. The summed E-state index contributed by atoms with van der Waals surface area (Å²) in [5.41, 5.74) is 0. The van der Waals surface area contributed by atoms with Gasteiger partial charge in [0.15, 0.2) is 6.10 Å². The summed E-state index contributed by atoms with van der Waals surface area (Å²) in [6.45, 7) is 9.02. The molecule has 0 aliphatic carbocycles. The number of hydrogen-bond donors (Lipinski definition) is 0. The van der Waals surface area contributed by atoms with Gasteiger partial charge in [0.05, 0.1) is 0 Å². The van der Waals surface area contributed by atoms with E-state index < -0.39 is 6.10 Å². The molecule has 2 atom stereocenters. The molecule has 0 fully saturated rings. The Bertz CT molecular complexity index is 843. The summed E-state index contributed by atoms with van der Waals surface area (Å²) in [7, 11) is 0. The van der Waals surface area contributed by atoms with Gasteiger partial charge in [-0.15, -0.1) is 0 Å². The van der Waals surface area contributed by atoms with Crippen molar-refractivity contribution in [1.82, 2.24) is 0 Å². The minimum atomic E-state index is -0.760. The van der Waals surface area contributed by atoms with Crippen LogP contribution in [0.3, 0.4) is 0 Å². The molecule has 0 amide bonds. The van der Waals surface area contributed by atoms with Crippen LogP contribution in [0, 0.1) is 5.92 Å². The SMILES string of the molecule is CCCCCCCCCCCCCCCCCC(=O)O[C@H](COC(=O)CCCCCCCCCCCCC)COC(=O)CCCCCCCCCCC(C)CC. The third-order valence-electron chi connectivity index (χ3n) is 11.7. The normalized spacial score (nSPS) is 12.4. The fraction of sp³-hybridized carbons (Fsp3) is 0.940. The maximum atomic E-state index is 12.8. The van der Waals surface area contributed by atoms with Crippen molar-refractivity contribution in [3.8, 4) is 0 Å². The molecule has 0 aliphatic heterocycles. The first-order valence-corrected chi connectivity index (χ1v) is 24.9. The number of carbonyl (C=O) groups excluding carboxylic acids is 3. The lowest BCUT2D eigenvalue weighted by Gasteiger charge is -2.18. The third kappa shape index (κ3) is 42.0. The van der Waals surface area contributed by atoms with E-state index in [1.54, 1.807) is 0 Å². The molecule has 0 aromatic carbocycles. The average Bonchev–Trinajstić information content (AvgIpc) is 3.19. The fourth-order valence-electron chi connectivity index (χ4n) is 7.48. The molecule has 0 N–H and O–H groups in total. The first kappa shape index (κ1) is 54.4. The topological polar surface area (TPSA) is 78.9 Å². The highest BCUT2D eigenvalue weighted by Gasteiger charge is 2.19. The minimum absolute atomic E-state index is 0.0634. The zero-order valence-corrected chi connectivity index (χ0v) is 38.1. The predicted molar refractivity (Wildman–Crippen MR) is 238 cm³/mol. The number of carbonyl (C=O) groups is 3. The average molecular weight is 793 g/mol. The van der Waals surface area contributed by atoms with E-state index in [1.165, 1.54) is 173 Å². The van der Waals surface area contributed by atoms with E-state index in [4.69, 9.17) is 14.2 Å². The van der Waals surface area contributed by atoms with Crippen LogP contribution in [0.2, 0.25) is 0 Å². The molecule has 0 rings (SSSR count). The minimum Gasteiger partial charge on any atom is -0.462 e. The molecule has 1 unspecified atom stereocenters. The highest BCUT2D eigenvalue weighted by Crippen LogP contribution is 2.17. The number of unbranched alkanes of at least 4 members (excludes halogenated alkanes) is 31. The molecule has 0 radical (unpaired) electrons. The number of rotatable bonds is 45. The van der Waals surface area contributed by atoms with Crippen molar-refractivity contribution in [2.24, 2.45) is 5.92 Å². The molecule has 332 valence electrons. The monoisotopic (exact) mass is 793 g/mol. The lowest BCUT2D eigenvalue weighted by molar-refractivity contribution is -0.167. The zero-order valence-electron chi connectivity index (χ0n) is 38.1. The molecule has 6 heteroatoms. The van der Waals surface area contributed by atoms with E-state index in [0.29, 0.717) is 19.3 Å². The molecule has 56 heavy (non-hydrogen) atoms. The summed E-state index contributed by atoms with van der Waals surface area (Å²) >= 11 is 0. The van der Waals surface area contributed by atoms with E-state index >= 15 is 0 Å². The van der Waals surface area contributed by atoms with Crippen LogP contribution in [0.1, 0.15) is 278 Å². The molecule has 0 saturated carbocycles. The van der Waals surface area contributed by atoms with Crippen LogP contribution in [0.25, 0.3) is 0 Å². The summed E-state index contributed by atoms with van der Waals surface area (Å²) in [6.07, 6.45) is 45.1. The van der Waals surface area contributed by atoms with Gasteiger partial charge in [-0.05, 0) is 25.2 Å². The lowest BCUT2D eigenvalue weighted by Crippen LogP contribution is -2.30. The zero-order chi connectivity index (χ0) is 41.0. The molecule has 0 saturated heterocycles. The van der Waals surface area contributed by atoms with Crippen LogP contribution in [0.15, 0.2) is 0 Å². The van der Waals surface area contributed by atoms with Crippen LogP contribution >= 0.6 is 0 Å². The van der Waals surface area contributed by atoms with Gasteiger partial charge in [-0.3, -0.25) is 14.4 Å². The van der Waals surface area contributed by atoms with Crippen LogP contribution in [-0.2, 0) is 28.6 Å². The third-order valence-corrected chi connectivity index (χ3v) is 11.7. The van der Waals surface area contributed by atoms with Gasteiger partial charge in [0.2, 0.25) is 0 Å². The maximum absolute atomic E-state index is 12.8. The van der Waals surface area contributed by atoms with Gasteiger partial charge in [0.25, 0.3) is 0 Å². The Kier molecular flexibility index (Phi) is 43.2.